The Kier molecular flexibility index (Phi) is 6.32. The first kappa shape index (κ1) is 18.8. The van der Waals surface area contributed by atoms with Crippen molar-refractivity contribution < 1.29 is 29.7 Å². The summed E-state index contributed by atoms with van der Waals surface area (Å²) in [5.41, 5.74) is 1.31. The van der Waals surface area contributed by atoms with E-state index >= 15 is 0 Å². The highest BCUT2D eigenvalue weighted by atomic mass is 32.7. The Labute approximate surface area is 143 Å². The van der Waals surface area contributed by atoms with Crippen molar-refractivity contribution in [1.82, 2.24) is 0 Å². The van der Waals surface area contributed by atoms with Crippen LogP contribution in [-0.2, 0) is 11.0 Å². The van der Waals surface area contributed by atoms with Crippen molar-refractivity contribution in [2.75, 3.05) is 0 Å². The van der Waals surface area contributed by atoms with Gasteiger partial charge in [-0.25, -0.2) is 4.57 Å². The van der Waals surface area contributed by atoms with Gasteiger partial charge in [-0.15, -0.1) is 0 Å². The number of hydrogen-bond acceptors (Lipinski definition) is 5. The van der Waals surface area contributed by atoms with Gasteiger partial charge in [-0.05, 0) is 72.1 Å². The van der Waals surface area contributed by atoms with Gasteiger partial charge in [0, 0.05) is 4.90 Å². The molecule has 0 heterocycles. The Morgan fingerprint density at radius 3 is 2.25 bits per heavy atom. The molecule has 130 valence electrons. The van der Waals surface area contributed by atoms with E-state index < -0.39 is 12.9 Å². The highest BCUT2D eigenvalue weighted by Crippen LogP contribution is 2.56. The minimum Gasteiger partial charge on any atom is -0.508 e. The first-order valence-electron chi connectivity index (χ1n) is 7.28. The van der Waals surface area contributed by atoms with Crippen LogP contribution in [0.5, 0.6) is 11.5 Å². The molecule has 8 heteroatoms. The van der Waals surface area contributed by atoms with Crippen LogP contribution in [0.15, 0.2) is 47.4 Å². The van der Waals surface area contributed by atoms with Crippen molar-refractivity contribution >= 4 is 18.2 Å². The molecule has 0 radical (unpaired) electrons. The van der Waals surface area contributed by atoms with Gasteiger partial charge in [-0.1, -0.05) is 12.1 Å². The quantitative estimate of drug-likeness (QED) is 0.474. The Morgan fingerprint density at radius 2 is 1.62 bits per heavy atom. The third-order valence-electron chi connectivity index (χ3n) is 3.45. The van der Waals surface area contributed by atoms with E-state index in [-0.39, 0.29) is 16.4 Å². The lowest BCUT2D eigenvalue weighted by atomic mass is 10.0. The predicted octanol–water partition coefficient (Wildman–Crippen LogP) is 3.34. The van der Waals surface area contributed by atoms with Crippen LogP contribution in [0.25, 0.3) is 0 Å². The summed E-state index contributed by atoms with van der Waals surface area (Å²) in [5, 5.41) is 29.1. The third-order valence-corrected chi connectivity index (χ3v) is 5.56. The Morgan fingerprint density at radius 1 is 1.00 bits per heavy atom. The molecule has 0 fully saturated rings. The minimum atomic E-state index is -4.35. The van der Waals surface area contributed by atoms with Crippen LogP contribution in [0.1, 0.15) is 30.1 Å². The van der Waals surface area contributed by atoms with Gasteiger partial charge >= 0.3 is 6.80 Å². The second-order valence-corrected chi connectivity index (χ2v) is 8.96. The zero-order chi connectivity index (χ0) is 17.7. The monoisotopic (exact) mass is 370 g/mol. The molecule has 0 spiro atoms. The number of phenolic OH excluding ortho intramolecular Hbond substituents is 2. The van der Waals surface area contributed by atoms with Gasteiger partial charge in [-0.3, -0.25) is 0 Å². The van der Waals surface area contributed by atoms with Crippen molar-refractivity contribution in [3.05, 3.63) is 53.6 Å². The molecule has 2 rings (SSSR count). The summed E-state index contributed by atoms with van der Waals surface area (Å²) in [4.78, 5) is 18.5. The van der Waals surface area contributed by atoms with Crippen molar-refractivity contribution in [3.63, 3.8) is 0 Å². The molecular formula is C16H19O6PS. The number of aliphatic hydroxyl groups excluding tert-OH is 1. The SMILES string of the molecule is O=P(O)(O)Sc1ccc(O)cc1C(O)CCCc1ccc(O)cc1. The lowest BCUT2D eigenvalue weighted by Gasteiger charge is -2.16. The lowest BCUT2D eigenvalue weighted by Crippen LogP contribution is -2.00. The van der Waals surface area contributed by atoms with Crippen LogP contribution >= 0.6 is 18.2 Å². The van der Waals surface area contributed by atoms with Gasteiger partial charge in [0.1, 0.15) is 11.5 Å². The number of hydrogen-bond donors (Lipinski definition) is 5. The van der Waals surface area contributed by atoms with Crippen LogP contribution < -0.4 is 0 Å². The molecular weight excluding hydrogens is 351 g/mol. The smallest absolute Gasteiger partial charge is 0.388 e. The molecule has 5 N–H and O–H groups in total. The summed E-state index contributed by atoms with van der Waals surface area (Å²) in [6.07, 6.45) is 0.765. The maximum absolute atomic E-state index is 11.2. The minimum absolute atomic E-state index is 0.0716. The number of aliphatic hydroxyl groups is 1. The van der Waals surface area contributed by atoms with Gasteiger partial charge in [0.2, 0.25) is 0 Å². The zero-order valence-corrected chi connectivity index (χ0v) is 14.5. The van der Waals surface area contributed by atoms with Crippen LogP contribution in [0.2, 0.25) is 0 Å². The van der Waals surface area contributed by atoms with Crippen LogP contribution in [-0.4, -0.2) is 25.1 Å². The molecule has 1 unspecified atom stereocenters. The Balaban J connectivity index is 2.03. The van der Waals surface area contributed by atoms with E-state index in [1.807, 2.05) is 0 Å². The first-order valence-corrected chi connectivity index (χ1v) is 10.3. The largest absolute Gasteiger partial charge is 0.508 e. The Hall–Kier alpha value is -1.50. The highest BCUT2D eigenvalue weighted by molar-refractivity contribution is 8.54. The van der Waals surface area contributed by atoms with Gasteiger partial charge in [0.05, 0.1) is 6.10 Å². The number of benzene rings is 2. The van der Waals surface area contributed by atoms with E-state index in [2.05, 4.69) is 0 Å². The number of aromatic hydroxyl groups is 2. The molecule has 2 aromatic carbocycles. The summed E-state index contributed by atoms with van der Waals surface area (Å²) < 4.78 is 11.2. The van der Waals surface area contributed by atoms with E-state index in [1.165, 1.54) is 18.2 Å². The molecule has 6 nitrogen and oxygen atoms in total. The molecule has 0 aliphatic heterocycles. The number of aryl methyl sites for hydroxylation is 1. The van der Waals surface area contributed by atoms with Crippen molar-refractivity contribution in [2.45, 2.75) is 30.3 Å². The summed E-state index contributed by atoms with van der Waals surface area (Å²) in [5.74, 6) is 0.121. The van der Waals surface area contributed by atoms with Crippen molar-refractivity contribution in [1.29, 1.82) is 0 Å². The molecule has 0 aromatic heterocycles. The molecule has 0 aliphatic carbocycles. The van der Waals surface area contributed by atoms with E-state index in [0.29, 0.717) is 36.2 Å². The van der Waals surface area contributed by atoms with E-state index in [4.69, 9.17) is 9.79 Å². The lowest BCUT2D eigenvalue weighted by molar-refractivity contribution is 0.161. The second-order valence-electron chi connectivity index (χ2n) is 5.38. The van der Waals surface area contributed by atoms with Gasteiger partial charge < -0.3 is 25.1 Å². The molecule has 0 saturated carbocycles. The first-order chi connectivity index (χ1) is 11.2. The average molecular weight is 370 g/mol. The van der Waals surface area contributed by atoms with Crippen molar-refractivity contribution in [2.24, 2.45) is 0 Å². The molecule has 24 heavy (non-hydrogen) atoms. The van der Waals surface area contributed by atoms with Gasteiger partial charge in [0.25, 0.3) is 0 Å². The second kappa shape index (κ2) is 8.05. The Bertz CT molecular complexity index is 728. The van der Waals surface area contributed by atoms with Gasteiger partial charge in [-0.2, -0.15) is 0 Å². The standard InChI is InChI=1S/C16H19O6PS/c17-12-6-4-11(5-7-12)2-1-3-15(19)14-10-13(18)8-9-16(14)24-23(20,21)22/h4-10,15,17-19H,1-3H2,(H2,20,21,22). The summed E-state index contributed by atoms with van der Waals surface area (Å²) in [6.45, 7) is -4.35. The van der Waals surface area contributed by atoms with Gasteiger partial charge in [0.15, 0.2) is 0 Å². The fourth-order valence-corrected chi connectivity index (χ4v) is 4.28. The molecule has 0 saturated heterocycles. The topological polar surface area (TPSA) is 118 Å². The molecule has 0 bridgehead atoms. The zero-order valence-electron chi connectivity index (χ0n) is 12.7. The van der Waals surface area contributed by atoms with Crippen molar-refractivity contribution in [3.8, 4) is 11.5 Å². The van der Waals surface area contributed by atoms with E-state index in [9.17, 15) is 19.9 Å². The number of phenols is 2. The van der Waals surface area contributed by atoms with Crippen LogP contribution in [0, 0.1) is 0 Å². The summed E-state index contributed by atoms with van der Waals surface area (Å²) in [7, 11) is 0. The number of rotatable bonds is 7. The predicted molar refractivity (Wildman–Crippen MR) is 92.0 cm³/mol. The van der Waals surface area contributed by atoms with E-state index in [0.717, 1.165) is 5.56 Å². The fraction of sp³-hybridized carbons (Fsp3) is 0.250. The summed E-state index contributed by atoms with van der Waals surface area (Å²) >= 11 is 0.364. The average Bonchev–Trinajstić information content (AvgIpc) is 2.49. The fourth-order valence-electron chi connectivity index (χ4n) is 2.33. The molecule has 1 atom stereocenters. The third kappa shape index (κ3) is 5.85. The molecule has 0 aliphatic rings. The van der Waals surface area contributed by atoms with Crippen LogP contribution in [0.3, 0.4) is 0 Å². The molecule has 2 aromatic rings. The normalized spacial score (nSPS) is 13.0. The summed E-state index contributed by atoms with van der Waals surface area (Å²) in [6, 6.07) is 10.8. The molecule has 0 amide bonds. The maximum Gasteiger partial charge on any atom is 0.388 e. The maximum atomic E-state index is 11.2. The van der Waals surface area contributed by atoms with Crippen LogP contribution in [0.4, 0.5) is 0 Å². The van der Waals surface area contributed by atoms with E-state index in [1.54, 1.807) is 24.3 Å². The highest BCUT2D eigenvalue weighted by Gasteiger charge is 2.21.